The molecule has 0 aliphatic heterocycles. The van der Waals surface area contributed by atoms with Crippen LogP contribution < -0.4 is 5.32 Å². The van der Waals surface area contributed by atoms with Crippen molar-refractivity contribution in [3.63, 3.8) is 0 Å². The molecule has 124 valence electrons. The molecular formula is C16H23N5OS. The van der Waals surface area contributed by atoms with Crippen molar-refractivity contribution in [2.75, 3.05) is 13.6 Å². The van der Waals surface area contributed by atoms with E-state index >= 15 is 0 Å². The average Bonchev–Trinajstić information content (AvgIpc) is 3.10. The predicted molar refractivity (Wildman–Crippen MR) is 90.6 cm³/mol. The van der Waals surface area contributed by atoms with Crippen molar-refractivity contribution in [3.8, 4) is 0 Å². The highest BCUT2D eigenvalue weighted by Gasteiger charge is 2.26. The van der Waals surface area contributed by atoms with Crippen LogP contribution >= 0.6 is 11.3 Å². The summed E-state index contributed by atoms with van der Waals surface area (Å²) >= 11 is 1.80. The van der Waals surface area contributed by atoms with Crippen molar-refractivity contribution >= 4 is 17.4 Å². The first-order valence-corrected chi connectivity index (χ1v) is 8.78. The van der Waals surface area contributed by atoms with Gasteiger partial charge in [-0.05, 0) is 32.3 Å². The Balaban J connectivity index is 1.57. The second-order valence-electron chi connectivity index (χ2n) is 6.12. The molecule has 23 heavy (non-hydrogen) atoms. The minimum absolute atomic E-state index is 0.0507. The van der Waals surface area contributed by atoms with Crippen molar-refractivity contribution in [1.29, 1.82) is 0 Å². The number of hydrogen-bond acceptors (Lipinski definition) is 4. The Kier molecular flexibility index (Phi) is 4.66. The first kappa shape index (κ1) is 16.0. The highest BCUT2D eigenvalue weighted by atomic mass is 32.1. The van der Waals surface area contributed by atoms with E-state index in [2.05, 4.69) is 17.3 Å². The van der Waals surface area contributed by atoms with Crippen LogP contribution in [0.5, 0.6) is 0 Å². The van der Waals surface area contributed by atoms with Crippen LogP contribution in [0.15, 0.2) is 12.3 Å². The van der Waals surface area contributed by atoms with Crippen molar-refractivity contribution < 1.29 is 4.79 Å². The van der Waals surface area contributed by atoms with Gasteiger partial charge in [0.05, 0.1) is 22.9 Å². The lowest BCUT2D eigenvalue weighted by atomic mass is 9.91. The third-order valence-electron chi connectivity index (χ3n) is 4.36. The summed E-state index contributed by atoms with van der Waals surface area (Å²) in [4.78, 5) is 20.2. The summed E-state index contributed by atoms with van der Waals surface area (Å²) in [5, 5.41) is 8.19. The number of nitrogens with zero attached hydrogens (tertiary/aromatic N) is 4. The van der Waals surface area contributed by atoms with E-state index in [1.54, 1.807) is 27.1 Å². The third kappa shape index (κ3) is 3.55. The van der Waals surface area contributed by atoms with Crippen molar-refractivity contribution in [3.05, 3.63) is 33.5 Å². The minimum Gasteiger partial charge on any atom is -0.332 e. The van der Waals surface area contributed by atoms with E-state index in [-0.39, 0.29) is 6.03 Å². The van der Waals surface area contributed by atoms with E-state index in [1.165, 1.54) is 17.0 Å². The van der Waals surface area contributed by atoms with E-state index in [4.69, 9.17) is 4.98 Å². The van der Waals surface area contributed by atoms with E-state index in [9.17, 15) is 4.79 Å². The number of likely N-dealkylation sites (N-methyl/N-ethyl adjacent to an activating group) is 1. The molecule has 1 N–H and O–H groups in total. The van der Waals surface area contributed by atoms with Crippen LogP contribution in [-0.2, 0) is 20.0 Å². The molecule has 0 spiro atoms. The fourth-order valence-corrected chi connectivity index (χ4v) is 4.16. The Morgan fingerprint density at radius 1 is 1.57 bits per heavy atom. The van der Waals surface area contributed by atoms with E-state index in [1.807, 2.05) is 20.2 Å². The number of carbonyl (C=O) groups excluding carboxylic acids is 1. The minimum atomic E-state index is -0.0507. The predicted octanol–water partition coefficient (Wildman–Crippen LogP) is 2.45. The second-order valence-corrected chi connectivity index (χ2v) is 7.40. The van der Waals surface area contributed by atoms with Crippen LogP contribution in [0.1, 0.15) is 40.0 Å². The molecule has 0 saturated heterocycles. The van der Waals surface area contributed by atoms with Crippen LogP contribution in [0.2, 0.25) is 0 Å². The molecule has 0 aromatic carbocycles. The van der Waals surface area contributed by atoms with Gasteiger partial charge in [0.25, 0.3) is 0 Å². The number of fused-ring (bicyclic) bond motifs is 1. The molecular weight excluding hydrogens is 310 g/mol. The molecule has 1 aliphatic carbocycles. The number of carbonyl (C=O) groups is 1. The summed E-state index contributed by atoms with van der Waals surface area (Å²) in [5.41, 5.74) is 2.20. The maximum Gasteiger partial charge on any atom is 0.317 e. The molecule has 3 rings (SSSR count). The number of nitrogens with one attached hydrogen (secondary N) is 1. The molecule has 2 aromatic heterocycles. The Hall–Kier alpha value is -1.89. The van der Waals surface area contributed by atoms with Crippen molar-refractivity contribution in [2.24, 2.45) is 7.05 Å². The zero-order chi connectivity index (χ0) is 16.4. The van der Waals surface area contributed by atoms with E-state index in [0.717, 1.165) is 23.5 Å². The summed E-state index contributed by atoms with van der Waals surface area (Å²) in [6.45, 7) is 3.27. The van der Waals surface area contributed by atoms with Crippen molar-refractivity contribution in [2.45, 2.75) is 38.6 Å². The maximum absolute atomic E-state index is 12.3. The van der Waals surface area contributed by atoms with Crippen LogP contribution in [0.25, 0.3) is 0 Å². The number of thiazole rings is 1. The zero-order valence-corrected chi connectivity index (χ0v) is 14.7. The molecule has 2 heterocycles. The Labute approximate surface area is 140 Å². The fourth-order valence-electron chi connectivity index (χ4n) is 3.10. The van der Waals surface area contributed by atoms with E-state index in [0.29, 0.717) is 19.0 Å². The van der Waals surface area contributed by atoms with Gasteiger partial charge in [-0.3, -0.25) is 4.68 Å². The zero-order valence-electron chi connectivity index (χ0n) is 13.9. The standard InChI is InChI=1S/C16H23N5OS/c1-11-19-15-12(5-4-6-14(15)23-11)10-20(2)16(22)17-9-13-7-8-18-21(13)3/h7-8,12H,4-6,9-10H2,1-3H3,(H,17,22)/t12-/m1/s1. The molecule has 2 aromatic rings. The van der Waals surface area contributed by atoms with Gasteiger partial charge in [-0.15, -0.1) is 11.3 Å². The lowest BCUT2D eigenvalue weighted by Gasteiger charge is -2.26. The summed E-state index contributed by atoms with van der Waals surface area (Å²) < 4.78 is 1.77. The number of amides is 2. The summed E-state index contributed by atoms with van der Waals surface area (Å²) in [5.74, 6) is 0.358. The monoisotopic (exact) mass is 333 g/mol. The largest absolute Gasteiger partial charge is 0.332 e. The number of aryl methyl sites for hydroxylation is 3. The van der Waals surface area contributed by atoms with Crippen LogP contribution in [-0.4, -0.2) is 39.3 Å². The first-order valence-electron chi connectivity index (χ1n) is 7.96. The van der Waals surface area contributed by atoms with Gasteiger partial charge in [-0.2, -0.15) is 5.10 Å². The molecule has 0 saturated carbocycles. The molecule has 0 radical (unpaired) electrons. The van der Waals surface area contributed by atoms with Gasteiger partial charge in [0.15, 0.2) is 0 Å². The number of urea groups is 1. The third-order valence-corrected chi connectivity index (χ3v) is 5.41. The van der Waals surface area contributed by atoms with Crippen LogP contribution in [0.3, 0.4) is 0 Å². The van der Waals surface area contributed by atoms with Gasteiger partial charge in [-0.25, -0.2) is 9.78 Å². The molecule has 6 nitrogen and oxygen atoms in total. The molecule has 0 fully saturated rings. The fraction of sp³-hybridized carbons (Fsp3) is 0.562. The first-order chi connectivity index (χ1) is 11.0. The average molecular weight is 333 g/mol. The van der Waals surface area contributed by atoms with Crippen LogP contribution in [0.4, 0.5) is 4.79 Å². The SMILES string of the molecule is Cc1nc2c(s1)CCC[C@@H]2CN(C)C(=O)NCc1ccnn1C. The normalized spacial score (nSPS) is 16.9. The highest BCUT2D eigenvalue weighted by Crippen LogP contribution is 2.34. The molecule has 0 bridgehead atoms. The van der Waals surface area contributed by atoms with Gasteiger partial charge in [-0.1, -0.05) is 0 Å². The van der Waals surface area contributed by atoms with Gasteiger partial charge >= 0.3 is 6.03 Å². The second kappa shape index (κ2) is 6.70. The van der Waals surface area contributed by atoms with Crippen LogP contribution in [0, 0.1) is 6.92 Å². The Morgan fingerprint density at radius 2 is 2.39 bits per heavy atom. The quantitative estimate of drug-likeness (QED) is 0.935. The van der Waals surface area contributed by atoms with Gasteiger partial charge in [0.1, 0.15) is 0 Å². The van der Waals surface area contributed by atoms with Gasteiger partial charge < -0.3 is 10.2 Å². The van der Waals surface area contributed by atoms with E-state index < -0.39 is 0 Å². The van der Waals surface area contributed by atoms with Gasteiger partial charge in [0, 0.05) is 37.6 Å². The molecule has 7 heteroatoms. The summed E-state index contributed by atoms with van der Waals surface area (Å²) in [7, 11) is 3.73. The maximum atomic E-state index is 12.3. The summed E-state index contributed by atoms with van der Waals surface area (Å²) in [6, 6.07) is 1.86. The Bertz CT molecular complexity index is 692. The molecule has 2 amide bonds. The number of hydrogen-bond donors (Lipinski definition) is 1. The topological polar surface area (TPSA) is 63.1 Å². The molecule has 0 unspecified atom stereocenters. The summed E-state index contributed by atoms with van der Waals surface area (Å²) in [6.07, 6.45) is 5.16. The number of aromatic nitrogens is 3. The highest BCUT2D eigenvalue weighted by molar-refractivity contribution is 7.11. The number of rotatable bonds is 4. The lowest BCUT2D eigenvalue weighted by molar-refractivity contribution is 0.203. The lowest BCUT2D eigenvalue weighted by Crippen LogP contribution is -2.39. The Morgan fingerprint density at radius 3 is 3.13 bits per heavy atom. The molecule has 1 atom stereocenters. The van der Waals surface area contributed by atoms with Gasteiger partial charge in [0.2, 0.25) is 0 Å². The molecule has 1 aliphatic rings. The van der Waals surface area contributed by atoms with Crippen molar-refractivity contribution in [1.82, 2.24) is 25.0 Å². The smallest absolute Gasteiger partial charge is 0.317 e.